The van der Waals surface area contributed by atoms with Crippen LogP contribution in [-0.4, -0.2) is 42.7 Å². The van der Waals surface area contributed by atoms with Gasteiger partial charge in [-0.25, -0.2) is 0 Å². The van der Waals surface area contributed by atoms with Gasteiger partial charge in [0.15, 0.2) is 0 Å². The SMILES string of the molecule is CNCC1CCCN(C(=O)c2ccccc2SC(C)C)C1.Cl. The van der Waals surface area contributed by atoms with E-state index in [1.54, 1.807) is 11.8 Å². The molecule has 1 heterocycles. The minimum absolute atomic E-state index is 0. The highest BCUT2D eigenvalue weighted by molar-refractivity contribution is 8.00. The summed E-state index contributed by atoms with van der Waals surface area (Å²) < 4.78 is 0. The first-order valence-corrected chi connectivity index (χ1v) is 8.69. The number of piperidine rings is 1. The molecule has 0 radical (unpaired) electrons. The molecule has 1 unspecified atom stereocenters. The van der Waals surface area contributed by atoms with E-state index in [2.05, 4.69) is 25.2 Å². The molecule has 1 amide bonds. The second kappa shape index (κ2) is 9.43. The standard InChI is InChI=1S/C17H26N2OS.ClH/c1-13(2)21-16-9-5-4-8-15(16)17(20)19-10-6-7-14(12-19)11-18-3;/h4-5,8-9,13-14,18H,6-7,10-12H2,1-3H3;1H. The van der Waals surface area contributed by atoms with Crippen LogP contribution >= 0.6 is 24.2 Å². The number of likely N-dealkylation sites (tertiary alicyclic amines) is 1. The number of thioether (sulfide) groups is 1. The van der Waals surface area contributed by atoms with E-state index in [0.29, 0.717) is 11.2 Å². The molecule has 0 bridgehead atoms. The van der Waals surface area contributed by atoms with Crippen molar-refractivity contribution in [3.05, 3.63) is 29.8 Å². The highest BCUT2D eigenvalue weighted by Crippen LogP contribution is 2.28. The van der Waals surface area contributed by atoms with Crippen LogP contribution in [0.25, 0.3) is 0 Å². The first kappa shape index (κ1) is 19.3. The van der Waals surface area contributed by atoms with E-state index in [4.69, 9.17) is 0 Å². The van der Waals surface area contributed by atoms with Gasteiger partial charge in [0.2, 0.25) is 0 Å². The Kier molecular flexibility index (Phi) is 8.29. The largest absolute Gasteiger partial charge is 0.338 e. The van der Waals surface area contributed by atoms with Gasteiger partial charge in [0, 0.05) is 23.2 Å². The Bertz CT molecular complexity index is 479. The van der Waals surface area contributed by atoms with Gasteiger partial charge in [0.1, 0.15) is 0 Å². The lowest BCUT2D eigenvalue weighted by molar-refractivity contribution is 0.0671. The van der Waals surface area contributed by atoms with Crippen LogP contribution in [0.3, 0.4) is 0 Å². The van der Waals surface area contributed by atoms with E-state index in [1.165, 1.54) is 6.42 Å². The quantitative estimate of drug-likeness (QED) is 0.828. The van der Waals surface area contributed by atoms with Gasteiger partial charge in [-0.2, -0.15) is 0 Å². The lowest BCUT2D eigenvalue weighted by atomic mass is 9.97. The zero-order chi connectivity index (χ0) is 15.2. The summed E-state index contributed by atoms with van der Waals surface area (Å²) >= 11 is 1.77. The van der Waals surface area contributed by atoms with Crippen LogP contribution in [0, 0.1) is 5.92 Å². The number of hydrogen-bond donors (Lipinski definition) is 1. The number of carbonyl (C=O) groups is 1. The summed E-state index contributed by atoms with van der Waals surface area (Å²) in [6.07, 6.45) is 2.32. The average Bonchev–Trinajstić information content (AvgIpc) is 2.47. The van der Waals surface area contributed by atoms with Crippen molar-refractivity contribution in [1.29, 1.82) is 0 Å². The molecule has 3 nitrogen and oxygen atoms in total. The van der Waals surface area contributed by atoms with Gasteiger partial charge in [-0.05, 0) is 44.5 Å². The van der Waals surface area contributed by atoms with Gasteiger partial charge in [0.05, 0.1) is 5.56 Å². The summed E-state index contributed by atoms with van der Waals surface area (Å²) in [6, 6.07) is 8.01. The van der Waals surface area contributed by atoms with E-state index in [9.17, 15) is 4.79 Å². The summed E-state index contributed by atoms with van der Waals surface area (Å²) in [7, 11) is 1.98. The number of benzene rings is 1. The Balaban J connectivity index is 0.00000242. The zero-order valence-electron chi connectivity index (χ0n) is 13.7. The molecule has 5 heteroatoms. The van der Waals surface area contributed by atoms with E-state index in [0.717, 1.165) is 36.5 Å². The number of amides is 1. The van der Waals surface area contributed by atoms with Crippen LogP contribution in [-0.2, 0) is 0 Å². The average molecular weight is 343 g/mol. The van der Waals surface area contributed by atoms with Crippen LogP contribution < -0.4 is 5.32 Å². The maximum absolute atomic E-state index is 12.8. The molecule has 22 heavy (non-hydrogen) atoms. The van der Waals surface area contributed by atoms with Gasteiger partial charge in [-0.15, -0.1) is 24.2 Å². The monoisotopic (exact) mass is 342 g/mol. The Morgan fingerprint density at radius 3 is 2.82 bits per heavy atom. The predicted molar refractivity (Wildman–Crippen MR) is 97.2 cm³/mol. The second-order valence-electron chi connectivity index (χ2n) is 5.98. The minimum Gasteiger partial charge on any atom is -0.338 e. The van der Waals surface area contributed by atoms with Crippen LogP contribution in [0.15, 0.2) is 29.2 Å². The summed E-state index contributed by atoms with van der Waals surface area (Å²) in [6.45, 7) is 7.08. The summed E-state index contributed by atoms with van der Waals surface area (Å²) in [4.78, 5) is 16.0. The van der Waals surface area contributed by atoms with Crippen LogP contribution in [0.5, 0.6) is 0 Å². The van der Waals surface area contributed by atoms with Crippen molar-refractivity contribution in [1.82, 2.24) is 10.2 Å². The van der Waals surface area contributed by atoms with Gasteiger partial charge < -0.3 is 10.2 Å². The third kappa shape index (κ3) is 5.18. The first-order valence-electron chi connectivity index (χ1n) is 7.81. The molecule has 1 aliphatic heterocycles. The summed E-state index contributed by atoms with van der Waals surface area (Å²) in [5.74, 6) is 0.775. The van der Waals surface area contributed by atoms with Gasteiger partial charge in [-0.1, -0.05) is 26.0 Å². The first-order chi connectivity index (χ1) is 10.1. The molecular formula is C17H27ClN2OS. The minimum atomic E-state index is 0. The molecule has 1 aromatic rings. The fourth-order valence-corrected chi connectivity index (χ4v) is 3.82. The zero-order valence-corrected chi connectivity index (χ0v) is 15.3. The summed E-state index contributed by atoms with van der Waals surface area (Å²) in [5, 5.41) is 3.72. The lowest BCUT2D eigenvalue weighted by Crippen LogP contribution is -2.42. The normalized spacial score (nSPS) is 18.2. The fourth-order valence-electron chi connectivity index (χ4n) is 2.88. The fraction of sp³-hybridized carbons (Fsp3) is 0.588. The smallest absolute Gasteiger partial charge is 0.254 e. The second-order valence-corrected chi connectivity index (χ2v) is 7.60. The van der Waals surface area contributed by atoms with Crippen molar-refractivity contribution in [2.75, 3.05) is 26.7 Å². The van der Waals surface area contributed by atoms with Crippen molar-refractivity contribution in [2.24, 2.45) is 5.92 Å². The molecule has 1 fully saturated rings. The Morgan fingerprint density at radius 2 is 2.14 bits per heavy atom. The van der Waals surface area contributed by atoms with Crippen LogP contribution in [0.2, 0.25) is 0 Å². The number of rotatable bonds is 5. The molecule has 2 rings (SSSR count). The number of hydrogen-bond acceptors (Lipinski definition) is 3. The van der Waals surface area contributed by atoms with Crippen molar-refractivity contribution in [2.45, 2.75) is 36.8 Å². The van der Waals surface area contributed by atoms with E-state index < -0.39 is 0 Å². The molecule has 1 atom stereocenters. The molecule has 124 valence electrons. The molecule has 1 N–H and O–H groups in total. The van der Waals surface area contributed by atoms with Crippen molar-refractivity contribution in [3.8, 4) is 0 Å². The molecular weight excluding hydrogens is 316 g/mol. The molecule has 0 aromatic heterocycles. The molecule has 1 aromatic carbocycles. The highest BCUT2D eigenvalue weighted by atomic mass is 35.5. The van der Waals surface area contributed by atoms with Crippen LogP contribution in [0.4, 0.5) is 0 Å². The van der Waals surface area contributed by atoms with E-state index >= 15 is 0 Å². The third-order valence-corrected chi connectivity index (χ3v) is 4.86. The van der Waals surface area contributed by atoms with Crippen molar-refractivity contribution in [3.63, 3.8) is 0 Å². The maximum Gasteiger partial charge on any atom is 0.254 e. The Morgan fingerprint density at radius 1 is 1.41 bits per heavy atom. The molecule has 1 aliphatic rings. The summed E-state index contributed by atoms with van der Waals surface area (Å²) in [5.41, 5.74) is 0.862. The number of nitrogens with zero attached hydrogens (tertiary/aromatic N) is 1. The van der Waals surface area contributed by atoms with E-state index in [-0.39, 0.29) is 18.3 Å². The van der Waals surface area contributed by atoms with Gasteiger partial charge >= 0.3 is 0 Å². The number of halogens is 1. The van der Waals surface area contributed by atoms with Crippen LogP contribution in [0.1, 0.15) is 37.0 Å². The lowest BCUT2D eigenvalue weighted by Gasteiger charge is -2.33. The van der Waals surface area contributed by atoms with Gasteiger partial charge in [0.25, 0.3) is 5.91 Å². The van der Waals surface area contributed by atoms with Crippen molar-refractivity contribution >= 4 is 30.1 Å². The van der Waals surface area contributed by atoms with E-state index in [1.807, 2.05) is 30.1 Å². The topological polar surface area (TPSA) is 32.3 Å². The third-order valence-electron chi connectivity index (χ3n) is 3.78. The highest BCUT2D eigenvalue weighted by Gasteiger charge is 2.25. The number of carbonyl (C=O) groups excluding carboxylic acids is 1. The van der Waals surface area contributed by atoms with Crippen molar-refractivity contribution < 1.29 is 4.79 Å². The molecule has 0 saturated carbocycles. The Labute approximate surface area is 144 Å². The molecule has 0 aliphatic carbocycles. The molecule has 0 spiro atoms. The number of nitrogens with one attached hydrogen (secondary N) is 1. The van der Waals surface area contributed by atoms with Gasteiger partial charge in [-0.3, -0.25) is 4.79 Å². The Hall–Kier alpha value is -0.710. The molecule has 1 saturated heterocycles. The maximum atomic E-state index is 12.8. The predicted octanol–water partition coefficient (Wildman–Crippen LogP) is 3.68.